The minimum Gasteiger partial charge on any atom is -0.481 e. The molecule has 0 atom stereocenters. The quantitative estimate of drug-likeness (QED) is 0.883. The molecule has 0 bridgehead atoms. The van der Waals surface area contributed by atoms with Crippen LogP contribution in [-0.4, -0.2) is 26.6 Å². The number of aryl methyl sites for hydroxylation is 1. The molecule has 0 amide bonds. The van der Waals surface area contributed by atoms with E-state index in [9.17, 15) is 9.90 Å². The molecule has 2 aromatic rings. The normalized spacial score (nSPS) is 12.6. The van der Waals surface area contributed by atoms with Gasteiger partial charge in [0.25, 0.3) is 0 Å². The molecular weight excluding hydrogens is 286 g/mol. The maximum atomic E-state index is 11.5. The highest BCUT2D eigenvalue weighted by molar-refractivity contribution is 7.18. The number of carboxylic acids is 1. The van der Waals surface area contributed by atoms with Gasteiger partial charge in [0.05, 0.1) is 10.8 Å². The molecule has 0 aliphatic rings. The molecule has 5 nitrogen and oxygen atoms in total. The molecule has 21 heavy (non-hydrogen) atoms. The van der Waals surface area contributed by atoms with Gasteiger partial charge in [0.2, 0.25) is 0 Å². The molecule has 0 radical (unpaired) electrons. The Hall–Kier alpha value is -1.69. The minimum atomic E-state index is -0.937. The highest BCUT2D eigenvalue weighted by Gasteiger charge is 2.43. The predicted octanol–water partition coefficient (Wildman–Crippen LogP) is 3.56. The van der Waals surface area contributed by atoms with E-state index in [0.717, 1.165) is 16.6 Å². The minimum absolute atomic E-state index is 0.658. The molecule has 2 N–H and O–H groups in total. The predicted molar refractivity (Wildman–Crippen MR) is 85.9 cm³/mol. The first-order valence-electron chi connectivity index (χ1n) is 6.94. The molecule has 2 rings (SSSR count). The summed E-state index contributed by atoms with van der Waals surface area (Å²) < 4.78 is 0. The highest BCUT2D eigenvalue weighted by atomic mass is 32.1. The lowest BCUT2D eigenvalue weighted by atomic mass is 9.74. The SMILES string of the molecule is CCc1cc2c(NC(C)(C)C(C)(C)C(=O)O)ncnc2s1. The number of thiophene rings is 1. The summed E-state index contributed by atoms with van der Waals surface area (Å²) in [7, 11) is 0. The first kappa shape index (κ1) is 15.7. The van der Waals surface area contributed by atoms with Crippen LogP contribution in [-0.2, 0) is 11.2 Å². The first-order chi connectivity index (χ1) is 9.69. The van der Waals surface area contributed by atoms with Crippen LogP contribution in [0.25, 0.3) is 10.2 Å². The summed E-state index contributed by atoms with van der Waals surface area (Å²) in [6, 6.07) is 2.08. The van der Waals surface area contributed by atoms with Gasteiger partial charge in [-0.1, -0.05) is 6.92 Å². The van der Waals surface area contributed by atoms with Crippen molar-refractivity contribution in [2.45, 2.75) is 46.6 Å². The standard InChI is InChI=1S/C15H21N3O2S/c1-6-9-7-10-11(16-8-17-12(10)21-9)18-15(4,5)14(2,3)13(19)20/h7-8H,6H2,1-5H3,(H,19,20)(H,16,17,18). The smallest absolute Gasteiger partial charge is 0.311 e. The zero-order valence-electron chi connectivity index (χ0n) is 13.0. The van der Waals surface area contributed by atoms with Gasteiger partial charge in [-0.2, -0.15) is 0 Å². The van der Waals surface area contributed by atoms with Gasteiger partial charge in [-0.3, -0.25) is 4.79 Å². The molecule has 6 heteroatoms. The molecule has 0 fully saturated rings. The van der Waals surface area contributed by atoms with E-state index in [1.165, 1.54) is 11.2 Å². The fourth-order valence-corrected chi connectivity index (χ4v) is 2.83. The van der Waals surface area contributed by atoms with Crippen LogP contribution in [0.5, 0.6) is 0 Å². The van der Waals surface area contributed by atoms with Crippen LogP contribution < -0.4 is 5.32 Å². The van der Waals surface area contributed by atoms with Gasteiger partial charge in [-0.25, -0.2) is 9.97 Å². The number of carboxylic acid groups (broad SMARTS) is 1. The Labute approximate surface area is 128 Å². The van der Waals surface area contributed by atoms with Crippen LogP contribution in [0.15, 0.2) is 12.4 Å². The molecule has 0 unspecified atom stereocenters. The summed E-state index contributed by atoms with van der Waals surface area (Å²) in [6.45, 7) is 9.28. The van der Waals surface area contributed by atoms with Gasteiger partial charge in [0, 0.05) is 10.4 Å². The Balaban J connectivity index is 2.44. The van der Waals surface area contributed by atoms with Gasteiger partial charge in [0.15, 0.2) is 0 Å². The lowest BCUT2D eigenvalue weighted by Crippen LogP contribution is -2.50. The van der Waals surface area contributed by atoms with Gasteiger partial charge >= 0.3 is 5.97 Å². The molecule has 2 aromatic heterocycles. The van der Waals surface area contributed by atoms with Gasteiger partial charge in [-0.05, 0) is 40.2 Å². The van der Waals surface area contributed by atoms with E-state index in [-0.39, 0.29) is 0 Å². The van der Waals surface area contributed by atoms with Crippen molar-refractivity contribution in [2.24, 2.45) is 5.41 Å². The molecule has 2 heterocycles. The third-order valence-corrected chi connectivity index (χ3v) is 5.44. The number of anilines is 1. The molecule has 0 aromatic carbocycles. The van der Waals surface area contributed by atoms with Crippen LogP contribution in [0.4, 0.5) is 5.82 Å². The number of hydrogen-bond donors (Lipinski definition) is 2. The van der Waals surface area contributed by atoms with Crippen LogP contribution in [0, 0.1) is 5.41 Å². The second kappa shape index (κ2) is 5.26. The summed E-state index contributed by atoms with van der Waals surface area (Å²) in [5.41, 5.74) is -1.59. The van der Waals surface area contributed by atoms with Gasteiger partial charge in [-0.15, -0.1) is 11.3 Å². The largest absolute Gasteiger partial charge is 0.481 e. The van der Waals surface area contributed by atoms with Crippen LogP contribution in [0.2, 0.25) is 0 Å². The maximum absolute atomic E-state index is 11.5. The Morgan fingerprint density at radius 3 is 2.57 bits per heavy atom. The first-order valence-corrected chi connectivity index (χ1v) is 7.75. The van der Waals surface area contributed by atoms with E-state index in [4.69, 9.17) is 0 Å². The zero-order chi connectivity index (χ0) is 15.8. The number of rotatable bonds is 5. The lowest BCUT2D eigenvalue weighted by molar-refractivity contribution is -0.149. The van der Waals surface area contributed by atoms with E-state index in [2.05, 4.69) is 28.3 Å². The Kier molecular flexibility index (Phi) is 3.93. The van der Waals surface area contributed by atoms with E-state index in [1.54, 1.807) is 25.2 Å². The van der Waals surface area contributed by atoms with E-state index in [0.29, 0.717) is 5.82 Å². The molecule has 0 spiro atoms. The summed E-state index contributed by atoms with van der Waals surface area (Å²) in [6.07, 6.45) is 2.47. The number of nitrogens with one attached hydrogen (secondary N) is 1. The second-order valence-corrected chi connectivity index (χ2v) is 7.30. The summed E-state index contributed by atoms with van der Waals surface area (Å²) in [5, 5.41) is 13.7. The Morgan fingerprint density at radius 2 is 2.00 bits per heavy atom. The number of aromatic nitrogens is 2. The van der Waals surface area contributed by atoms with Gasteiger partial charge < -0.3 is 10.4 Å². The topological polar surface area (TPSA) is 75.1 Å². The number of nitrogens with zero attached hydrogens (tertiary/aromatic N) is 2. The van der Waals surface area contributed by atoms with Crippen molar-refractivity contribution < 1.29 is 9.90 Å². The third kappa shape index (κ3) is 2.72. The lowest BCUT2D eigenvalue weighted by Gasteiger charge is -2.39. The Morgan fingerprint density at radius 1 is 1.33 bits per heavy atom. The van der Waals surface area contributed by atoms with Crippen LogP contribution in [0.3, 0.4) is 0 Å². The average Bonchev–Trinajstić information content (AvgIpc) is 2.82. The average molecular weight is 307 g/mol. The molecule has 114 valence electrons. The van der Waals surface area contributed by atoms with Crippen LogP contribution in [0.1, 0.15) is 39.5 Å². The van der Waals surface area contributed by atoms with Crippen molar-refractivity contribution in [3.63, 3.8) is 0 Å². The van der Waals surface area contributed by atoms with Crippen molar-refractivity contribution in [1.29, 1.82) is 0 Å². The third-order valence-electron chi connectivity index (χ3n) is 4.26. The zero-order valence-corrected chi connectivity index (χ0v) is 13.8. The maximum Gasteiger partial charge on any atom is 0.311 e. The van der Waals surface area contributed by atoms with Crippen molar-refractivity contribution in [3.8, 4) is 0 Å². The molecule has 0 saturated heterocycles. The summed E-state index contributed by atoms with van der Waals surface area (Å²) in [5.74, 6) is -0.153. The van der Waals surface area contributed by atoms with Crippen molar-refractivity contribution in [1.82, 2.24) is 9.97 Å². The molecule has 0 aliphatic heterocycles. The number of aliphatic carboxylic acids is 1. The fourth-order valence-electron chi connectivity index (χ4n) is 1.90. The highest BCUT2D eigenvalue weighted by Crippen LogP contribution is 2.36. The van der Waals surface area contributed by atoms with E-state index < -0.39 is 16.9 Å². The summed E-state index contributed by atoms with van der Waals surface area (Å²) in [4.78, 5) is 22.3. The molecular formula is C15H21N3O2S. The van der Waals surface area contributed by atoms with Crippen molar-refractivity contribution in [3.05, 3.63) is 17.3 Å². The number of hydrogen-bond acceptors (Lipinski definition) is 5. The van der Waals surface area contributed by atoms with E-state index in [1.807, 2.05) is 13.8 Å². The van der Waals surface area contributed by atoms with Gasteiger partial charge in [0.1, 0.15) is 17.0 Å². The Bertz CT molecular complexity index is 677. The van der Waals surface area contributed by atoms with E-state index >= 15 is 0 Å². The molecule has 0 aliphatic carbocycles. The summed E-state index contributed by atoms with van der Waals surface area (Å²) >= 11 is 1.64. The second-order valence-electron chi connectivity index (χ2n) is 6.19. The molecule has 0 saturated carbocycles. The number of carbonyl (C=O) groups is 1. The fraction of sp³-hybridized carbons (Fsp3) is 0.533. The monoisotopic (exact) mass is 307 g/mol. The number of fused-ring (bicyclic) bond motifs is 1. The van der Waals surface area contributed by atoms with Crippen molar-refractivity contribution >= 4 is 33.3 Å². The van der Waals surface area contributed by atoms with Crippen LogP contribution >= 0.6 is 11.3 Å². The van der Waals surface area contributed by atoms with Crippen molar-refractivity contribution in [2.75, 3.05) is 5.32 Å².